The zero-order chi connectivity index (χ0) is 10.7. The number of rotatable bonds is 2. The average molecular weight is 206 g/mol. The van der Waals surface area contributed by atoms with Gasteiger partial charge in [0.15, 0.2) is 5.82 Å². The van der Waals surface area contributed by atoms with E-state index >= 15 is 0 Å². The van der Waals surface area contributed by atoms with E-state index < -0.39 is 0 Å². The second-order valence-electron chi connectivity index (χ2n) is 4.05. The number of hydrogen-bond donors (Lipinski definition) is 1. The third-order valence-electron chi connectivity index (χ3n) is 3.09. The van der Waals surface area contributed by atoms with Gasteiger partial charge < -0.3 is 10.6 Å². The van der Waals surface area contributed by atoms with Crippen LogP contribution in [0.15, 0.2) is 12.5 Å². The van der Waals surface area contributed by atoms with Crippen LogP contribution in [0, 0.1) is 0 Å². The molecule has 0 bridgehead atoms. The lowest BCUT2D eigenvalue weighted by Gasteiger charge is -2.36. The molecule has 0 aliphatic carbocycles. The van der Waals surface area contributed by atoms with E-state index in [4.69, 9.17) is 5.73 Å². The van der Waals surface area contributed by atoms with Crippen LogP contribution in [0.1, 0.15) is 32.6 Å². The van der Waals surface area contributed by atoms with Crippen LogP contribution in [0.2, 0.25) is 0 Å². The molecule has 2 N–H and O–H groups in total. The zero-order valence-electron chi connectivity index (χ0n) is 9.19. The topological polar surface area (TPSA) is 55.0 Å². The highest BCUT2D eigenvalue weighted by atomic mass is 15.2. The summed E-state index contributed by atoms with van der Waals surface area (Å²) in [5.41, 5.74) is 6.59. The molecule has 1 aromatic rings. The van der Waals surface area contributed by atoms with Crippen molar-refractivity contribution < 1.29 is 0 Å². The highest BCUT2D eigenvalue weighted by Gasteiger charge is 2.23. The van der Waals surface area contributed by atoms with Gasteiger partial charge >= 0.3 is 0 Å². The monoisotopic (exact) mass is 206 g/mol. The molecule has 15 heavy (non-hydrogen) atoms. The minimum Gasteiger partial charge on any atom is -0.394 e. The Morgan fingerprint density at radius 3 is 3.13 bits per heavy atom. The van der Waals surface area contributed by atoms with Crippen LogP contribution in [0.5, 0.6) is 0 Å². The molecule has 1 fully saturated rings. The number of hydrogen-bond acceptors (Lipinski definition) is 4. The molecule has 82 valence electrons. The summed E-state index contributed by atoms with van der Waals surface area (Å²) in [6.07, 6.45) is 8.22. The maximum atomic E-state index is 5.90. The molecule has 0 saturated carbocycles. The predicted molar refractivity (Wildman–Crippen MR) is 61.7 cm³/mol. The lowest BCUT2D eigenvalue weighted by atomic mass is 10.00. The van der Waals surface area contributed by atoms with Crippen LogP contribution in [-0.2, 0) is 0 Å². The maximum absolute atomic E-state index is 5.90. The second-order valence-corrected chi connectivity index (χ2v) is 4.05. The number of anilines is 2. The van der Waals surface area contributed by atoms with Crippen molar-refractivity contribution >= 4 is 11.5 Å². The van der Waals surface area contributed by atoms with Gasteiger partial charge in [-0.05, 0) is 25.7 Å². The largest absolute Gasteiger partial charge is 0.394 e. The fourth-order valence-corrected chi connectivity index (χ4v) is 2.28. The van der Waals surface area contributed by atoms with Crippen LogP contribution in [0.25, 0.3) is 0 Å². The maximum Gasteiger partial charge on any atom is 0.155 e. The van der Waals surface area contributed by atoms with Gasteiger partial charge in [0.2, 0.25) is 0 Å². The lowest BCUT2D eigenvalue weighted by Crippen LogP contribution is -2.40. The Morgan fingerprint density at radius 2 is 2.40 bits per heavy atom. The fraction of sp³-hybridized carbons (Fsp3) is 0.636. The fourth-order valence-electron chi connectivity index (χ4n) is 2.28. The van der Waals surface area contributed by atoms with Crippen molar-refractivity contribution in [2.45, 2.75) is 38.6 Å². The molecule has 0 amide bonds. The molecule has 2 heterocycles. The van der Waals surface area contributed by atoms with Gasteiger partial charge in [-0.15, -0.1) is 0 Å². The zero-order valence-corrected chi connectivity index (χ0v) is 9.19. The third-order valence-corrected chi connectivity index (χ3v) is 3.09. The summed E-state index contributed by atoms with van der Waals surface area (Å²) >= 11 is 0. The van der Waals surface area contributed by atoms with E-state index in [-0.39, 0.29) is 0 Å². The molecule has 0 spiro atoms. The van der Waals surface area contributed by atoms with Crippen molar-refractivity contribution in [2.24, 2.45) is 0 Å². The number of nitrogen functional groups attached to an aromatic ring is 1. The molecule has 1 aliphatic heterocycles. The summed E-state index contributed by atoms with van der Waals surface area (Å²) in [6, 6.07) is 0.593. The molecule has 4 heteroatoms. The molecule has 1 saturated heterocycles. The minimum absolute atomic E-state index is 0.593. The second kappa shape index (κ2) is 4.47. The summed E-state index contributed by atoms with van der Waals surface area (Å²) in [6.45, 7) is 3.29. The molecule has 0 aromatic carbocycles. The van der Waals surface area contributed by atoms with Gasteiger partial charge in [-0.1, -0.05) is 6.92 Å². The van der Waals surface area contributed by atoms with Crippen molar-refractivity contribution in [3.05, 3.63) is 12.5 Å². The highest BCUT2D eigenvalue weighted by molar-refractivity contribution is 5.61. The average Bonchev–Trinajstić information content (AvgIpc) is 2.30. The molecule has 4 nitrogen and oxygen atoms in total. The predicted octanol–water partition coefficient (Wildman–Crippen LogP) is 1.83. The Morgan fingerprint density at radius 1 is 1.53 bits per heavy atom. The van der Waals surface area contributed by atoms with Gasteiger partial charge in [0.05, 0.1) is 11.9 Å². The number of nitrogens with zero attached hydrogens (tertiary/aromatic N) is 3. The number of piperidine rings is 1. The molecular weight excluding hydrogens is 188 g/mol. The standard InChI is InChI=1S/C11H18N4/c1-2-9-5-3-4-6-15(9)11-10(12)7-13-8-14-11/h7-9H,2-6,12H2,1H3. The van der Waals surface area contributed by atoms with Crippen LogP contribution < -0.4 is 10.6 Å². The van der Waals surface area contributed by atoms with Crippen molar-refractivity contribution in [3.8, 4) is 0 Å². The smallest absolute Gasteiger partial charge is 0.155 e. The molecule has 1 unspecified atom stereocenters. The van der Waals surface area contributed by atoms with Crippen LogP contribution in [0.3, 0.4) is 0 Å². The molecule has 0 radical (unpaired) electrons. The first-order valence-electron chi connectivity index (χ1n) is 5.65. The normalized spacial score (nSPS) is 21.7. The van der Waals surface area contributed by atoms with Gasteiger partial charge in [0.25, 0.3) is 0 Å². The van der Waals surface area contributed by atoms with Crippen molar-refractivity contribution in [1.29, 1.82) is 0 Å². The van der Waals surface area contributed by atoms with E-state index in [0.717, 1.165) is 18.8 Å². The Bertz CT molecular complexity index is 326. The summed E-state index contributed by atoms with van der Waals surface area (Å²) in [5.74, 6) is 0.913. The first kappa shape index (κ1) is 10.2. The van der Waals surface area contributed by atoms with E-state index in [1.165, 1.54) is 19.3 Å². The number of nitrogens with two attached hydrogens (primary N) is 1. The van der Waals surface area contributed by atoms with Crippen LogP contribution in [-0.4, -0.2) is 22.6 Å². The van der Waals surface area contributed by atoms with Crippen LogP contribution in [0.4, 0.5) is 11.5 Å². The Hall–Kier alpha value is -1.32. The molecule has 1 aromatic heterocycles. The molecule has 2 rings (SSSR count). The quantitative estimate of drug-likeness (QED) is 0.802. The summed E-state index contributed by atoms with van der Waals surface area (Å²) in [5, 5.41) is 0. The van der Waals surface area contributed by atoms with E-state index in [2.05, 4.69) is 21.8 Å². The Labute approximate surface area is 90.5 Å². The molecular formula is C11H18N4. The van der Waals surface area contributed by atoms with Gasteiger partial charge in [-0.2, -0.15) is 0 Å². The summed E-state index contributed by atoms with van der Waals surface area (Å²) in [7, 11) is 0. The first-order chi connectivity index (χ1) is 7.33. The van der Waals surface area contributed by atoms with Gasteiger partial charge in [0, 0.05) is 12.6 Å². The molecule has 1 aliphatic rings. The van der Waals surface area contributed by atoms with Crippen molar-refractivity contribution in [2.75, 3.05) is 17.2 Å². The SMILES string of the molecule is CCC1CCCCN1c1ncncc1N. The highest BCUT2D eigenvalue weighted by Crippen LogP contribution is 2.27. The van der Waals surface area contributed by atoms with Crippen LogP contribution >= 0.6 is 0 Å². The lowest BCUT2D eigenvalue weighted by molar-refractivity contribution is 0.447. The summed E-state index contributed by atoms with van der Waals surface area (Å²) < 4.78 is 0. The van der Waals surface area contributed by atoms with E-state index in [1.54, 1.807) is 12.5 Å². The Balaban J connectivity index is 2.24. The van der Waals surface area contributed by atoms with E-state index in [9.17, 15) is 0 Å². The van der Waals surface area contributed by atoms with Gasteiger partial charge in [-0.25, -0.2) is 9.97 Å². The summed E-state index contributed by atoms with van der Waals surface area (Å²) in [4.78, 5) is 10.6. The molecule has 1 atom stereocenters. The third kappa shape index (κ3) is 2.03. The van der Waals surface area contributed by atoms with Crippen molar-refractivity contribution in [3.63, 3.8) is 0 Å². The van der Waals surface area contributed by atoms with Gasteiger partial charge in [0.1, 0.15) is 6.33 Å². The Kier molecular flexibility index (Phi) is 3.04. The number of aromatic nitrogens is 2. The first-order valence-corrected chi connectivity index (χ1v) is 5.65. The van der Waals surface area contributed by atoms with Crippen molar-refractivity contribution in [1.82, 2.24) is 9.97 Å². The van der Waals surface area contributed by atoms with E-state index in [1.807, 2.05) is 0 Å². The van der Waals surface area contributed by atoms with E-state index in [0.29, 0.717) is 11.7 Å². The minimum atomic E-state index is 0.593. The van der Waals surface area contributed by atoms with Gasteiger partial charge in [-0.3, -0.25) is 0 Å².